The topological polar surface area (TPSA) is 53.5 Å². The molecule has 0 N–H and O–H groups in total. The lowest BCUT2D eigenvalue weighted by atomic mass is 9.98. The molecule has 4 rings (SSSR count). The minimum atomic E-state index is 0.143. The van der Waals surface area contributed by atoms with E-state index < -0.39 is 0 Å². The van der Waals surface area contributed by atoms with Crippen molar-refractivity contribution in [3.8, 4) is 0 Å². The van der Waals surface area contributed by atoms with Crippen molar-refractivity contribution in [3.63, 3.8) is 0 Å². The minimum Gasteiger partial charge on any atom is -0.336 e. The van der Waals surface area contributed by atoms with Gasteiger partial charge in [-0.25, -0.2) is 4.98 Å². The zero-order valence-electron chi connectivity index (χ0n) is 16.9. The highest BCUT2D eigenvalue weighted by atomic mass is 32.1. The number of aromatic nitrogens is 1. The molecule has 0 saturated carbocycles. The highest BCUT2D eigenvalue weighted by Crippen LogP contribution is 2.28. The smallest absolute Gasteiger partial charge is 0.254 e. The monoisotopic (exact) mass is 397 g/mol. The Labute approximate surface area is 170 Å². The lowest BCUT2D eigenvalue weighted by Crippen LogP contribution is -2.48. The lowest BCUT2D eigenvalue weighted by molar-refractivity contribution is 0.0627. The summed E-state index contributed by atoms with van der Waals surface area (Å²) in [6, 6.07) is 4.17. The van der Waals surface area contributed by atoms with Crippen LogP contribution in [0.5, 0.6) is 0 Å². The van der Waals surface area contributed by atoms with Gasteiger partial charge in [0.15, 0.2) is 5.78 Å². The van der Waals surface area contributed by atoms with Crippen LogP contribution in [0.3, 0.4) is 0 Å². The Hall–Kier alpha value is -2.05. The highest BCUT2D eigenvalue weighted by molar-refractivity contribution is 7.13. The number of piperazine rings is 1. The van der Waals surface area contributed by atoms with Crippen LogP contribution in [-0.2, 0) is 13.0 Å². The minimum absolute atomic E-state index is 0.143. The first-order chi connectivity index (χ1) is 13.4. The normalized spacial score (nSPS) is 17.7. The van der Waals surface area contributed by atoms with Crippen molar-refractivity contribution in [2.24, 2.45) is 0 Å². The molecule has 1 fully saturated rings. The Morgan fingerprint density at radius 2 is 1.75 bits per heavy atom. The van der Waals surface area contributed by atoms with Gasteiger partial charge in [0, 0.05) is 38.2 Å². The van der Waals surface area contributed by atoms with E-state index in [0.717, 1.165) is 77.8 Å². The molecule has 1 aromatic heterocycles. The summed E-state index contributed by atoms with van der Waals surface area (Å²) in [7, 11) is 0. The zero-order valence-corrected chi connectivity index (χ0v) is 17.7. The van der Waals surface area contributed by atoms with Gasteiger partial charge >= 0.3 is 0 Å². The molecule has 0 atom stereocenters. The van der Waals surface area contributed by atoms with Crippen molar-refractivity contribution in [1.29, 1.82) is 0 Å². The molecule has 0 unspecified atom stereocenters. The number of hydrogen-bond acceptors (Lipinski definition) is 5. The van der Waals surface area contributed by atoms with Gasteiger partial charge in [0.1, 0.15) is 5.01 Å². The van der Waals surface area contributed by atoms with Crippen LogP contribution >= 0.6 is 11.3 Å². The van der Waals surface area contributed by atoms with Crippen LogP contribution in [0.4, 0.5) is 0 Å². The first-order valence-corrected chi connectivity index (χ1v) is 10.9. The third-order valence-electron chi connectivity index (χ3n) is 5.72. The summed E-state index contributed by atoms with van der Waals surface area (Å²) in [5.74, 6) is 0.397. The molecule has 6 heteroatoms. The van der Waals surface area contributed by atoms with E-state index in [1.54, 1.807) is 11.3 Å². The number of amides is 1. The third kappa shape index (κ3) is 3.76. The summed E-state index contributed by atoms with van der Waals surface area (Å²) in [6.45, 7) is 10.0. The summed E-state index contributed by atoms with van der Waals surface area (Å²) in [5.41, 5.74) is 5.16. The van der Waals surface area contributed by atoms with Gasteiger partial charge in [-0.1, -0.05) is 17.7 Å². The number of Topliss-reactive ketones (excluding diaryl/α,β-unsaturated/α-hetero) is 1. The van der Waals surface area contributed by atoms with E-state index in [0.29, 0.717) is 6.42 Å². The first-order valence-electron chi connectivity index (χ1n) is 10.0. The quantitative estimate of drug-likeness (QED) is 0.795. The Kier molecular flexibility index (Phi) is 5.34. The molecule has 0 radical (unpaired) electrons. The number of benzene rings is 1. The van der Waals surface area contributed by atoms with Gasteiger partial charge in [-0.3, -0.25) is 14.5 Å². The van der Waals surface area contributed by atoms with Crippen LogP contribution in [0.25, 0.3) is 0 Å². The number of carbonyl (C=O) groups is 2. The summed E-state index contributed by atoms with van der Waals surface area (Å²) in [4.78, 5) is 35.0. The summed E-state index contributed by atoms with van der Waals surface area (Å²) in [5, 5.41) is 1.03. The van der Waals surface area contributed by atoms with E-state index in [9.17, 15) is 9.59 Å². The Morgan fingerprint density at radius 1 is 1.07 bits per heavy atom. The SMILES string of the molecule is Cc1cc(C)c(C(=O)N2CCN(Cc3nc4c(s3)C(=O)CCC4)CC2)c(C)c1. The average molecular weight is 398 g/mol. The van der Waals surface area contributed by atoms with Gasteiger partial charge in [0.25, 0.3) is 5.91 Å². The van der Waals surface area contributed by atoms with Gasteiger partial charge in [0.2, 0.25) is 0 Å². The number of aryl methyl sites for hydroxylation is 4. The number of ketones is 1. The van der Waals surface area contributed by atoms with E-state index in [2.05, 4.69) is 24.0 Å². The fourth-order valence-electron chi connectivity index (χ4n) is 4.36. The second-order valence-electron chi connectivity index (χ2n) is 8.00. The third-order valence-corrected chi connectivity index (χ3v) is 6.85. The maximum Gasteiger partial charge on any atom is 0.254 e. The molecule has 1 aliphatic heterocycles. The highest BCUT2D eigenvalue weighted by Gasteiger charge is 2.26. The van der Waals surface area contributed by atoms with Crippen LogP contribution in [0, 0.1) is 20.8 Å². The standard InChI is InChI=1S/C22H27N3O2S/c1-14-11-15(2)20(16(3)12-14)22(27)25-9-7-24(8-10-25)13-19-23-17-5-4-6-18(26)21(17)28-19/h11-12H,4-10,13H2,1-3H3. The number of fused-ring (bicyclic) bond motifs is 1. The maximum absolute atomic E-state index is 13.0. The Bertz CT molecular complexity index is 903. The van der Waals surface area contributed by atoms with Crippen LogP contribution in [0.1, 0.15) is 60.3 Å². The van der Waals surface area contributed by atoms with Gasteiger partial charge in [-0.15, -0.1) is 11.3 Å². The molecule has 1 aliphatic carbocycles. The van der Waals surface area contributed by atoms with Crippen LogP contribution in [0.15, 0.2) is 12.1 Å². The summed E-state index contributed by atoms with van der Waals surface area (Å²) >= 11 is 1.56. The average Bonchev–Trinajstić information content (AvgIpc) is 3.05. The van der Waals surface area contributed by atoms with E-state index in [1.165, 1.54) is 5.56 Å². The van der Waals surface area contributed by atoms with Crippen LogP contribution in [0.2, 0.25) is 0 Å². The van der Waals surface area contributed by atoms with Gasteiger partial charge in [-0.05, 0) is 44.7 Å². The van der Waals surface area contributed by atoms with E-state index in [4.69, 9.17) is 4.98 Å². The second-order valence-corrected chi connectivity index (χ2v) is 9.09. The molecular formula is C22H27N3O2S. The molecule has 28 heavy (non-hydrogen) atoms. The van der Waals surface area contributed by atoms with E-state index in [-0.39, 0.29) is 11.7 Å². The second kappa shape index (κ2) is 7.76. The van der Waals surface area contributed by atoms with Crippen molar-refractivity contribution in [2.75, 3.05) is 26.2 Å². The van der Waals surface area contributed by atoms with E-state index in [1.807, 2.05) is 18.7 Å². The predicted molar refractivity (Wildman–Crippen MR) is 111 cm³/mol. The molecule has 1 saturated heterocycles. The molecule has 1 amide bonds. The lowest BCUT2D eigenvalue weighted by Gasteiger charge is -2.34. The van der Waals surface area contributed by atoms with E-state index >= 15 is 0 Å². The fourth-order valence-corrected chi connectivity index (χ4v) is 5.48. The number of rotatable bonds is 3. The molecular weight excluding hydrogens is 370 g/mol. The largest absolute Gasteiger partial charge is 0.336 e. The summed E-state index contributed by atoms with van der Waals surface area (Å²) < 4.78 is 0. The molecule has 148 valence electrons. The molecule has 2 aliphatic rings. The number of nitrogens with zero attached hydrogens (tertiary/aromatic N) is 3. The van der Waals surface area contributed by atoms with Crippen LogP contribution in [-0.4, -0.2) is 52.7 Å². The predicted octanol–water partition coefficient (Wildman–Crippen LogP) is 3.55. The van der Waals surface area contributed by atoms with Crippen LogP contribution < -0.4 is 0 Å². The van der Waals surface area contributed by atoms with Crippen molar-refractivity contribution in [2.45, 2.75) is 46.6 Å². The first kappa shape index (κ1) is 19.3. The molecule has 5 nitrogen and oxygen atoms in total. The molecule has 1 aromatic carbocycles. The maximum atomic E-state index is 13.0. The van der Waals surface area contributed by atoms with Gasteiger partial charge in [-0.2, -0.15) is 0 Å². The van der Waals surface area contributed by atoms with Gasteiger partial charge < -0.3 is 4.90 Å². The van der Waals surface area contributed by atoms with Crippen molar-refractivity contribution in [3.05, 3.63) is 50.0 Å². The number of hydrogen-bond donors (Lipinski definition) is 0. The Morgan fingerprint density at radius 3 is 2.39 bits per heavy atom. The van der Waals surface area contributed by atoms with Gasteiger partial charge in [0.05, 0.1) is 17.1 Å². The number of thiazole rings is 1. The fraction of sp³-hybridized carbons (Fsp3) is 0.500. The van der Waals surface area contributed by atoms with Crippen molar-refractivity contribution >= 4 is 23.0 Å². The molecule has 0 spiro atoms. The zero-order chi connectivity index (χ0) is 19.8. The number of carbonyl (C=O) groups excluding carboxylic acids is 2. The van der Waals surface area contributed by atoms with Crippen molar-refractivity contribution < 1.29 is 9.59 Å². The molecule has 2 aromatic rings. The molecule has 2 heterocycles. The van der Waals surface area contributed by atoms with Crippen molar-refractivity contribution in [1.82, 2.24) is 14.8 Å². The Balaban J connectivity index is 1.39. The molecule has 0 bridgehead atoms. The summed E-state index contributed by atoms with van der Waals surface area (Å²) in [6.07, 6.45) is 2.51.